The molecule has 5 atom stereocenters. The van der Waals surface area contributed by atoms with Crippen molar-refractivity contribution in [2.45, 2.75) is 69.3 Å². The Bertz CT molecular complexity index is 505. The fraction of sp³-hybridized carbons (Fsp3) is 0.933. The Morgan fingerprint density at radius 1 is 1.19 bits per heavy atom. The first-order chi connectivity index (χ1) is 9.90. The second kappa shape index (κ2) is 5.54. The summed E-state index contributed by atoms with van der Waals surface area (Å²) in [5, 5.41) is 3.05. The van der Waals surface area contributed by atoms with Crippen LogP contribution in [-0.2, 0) is 14.6 Å². The molecule has 0 aromatic rings. The number of sulfone groups is 1. The highest BCUT2D eigenvalue weighted by atomic mass is 32.2. The van der Waals surface area contributed by atoms with Crippen LogP contribution in [0.1, 0.15) is 46.0 Å². The van der Waals surface area contributed by atoms with Gasteiger partial charge in [0.25, 0.3) is 0 Å². The van der Waals surface area contributed by atoms with E-state index >= 15 is 0 Å². The molecule has 1 amide bonds. The van der Waals surface area contributed by atoms with Gasteiger partial charge in [-0.15, -0.1) is 0 Å². The van der Waals surface area contributed by atoms with E-state index in [9.17, 15) is 13.2 Å². The molecule has 5 nitrogen and oxygen atoms in total. The van der Waals surface area contributed by atoms with Gasteiger partial charge in [0, 0.05) is 18.6 Å². The molecule has 21 heavy (non-hydrogen) atoms. The van der Waals surface area contributed by atoms with Gasteiger partial charge in [-0.3, -0.25) is 4.79 Å². The van der Waals surface area contributed by atoms with Gasteiger partial charge in [-0.1, -0.05) is 12.8 Å². The van der Waals surface area contributed by atoms with Gasteiger partial charge in [-0.2, -0.15) is 0 Å². The molecular weight excluding hydrogens is 288 g/mol. The maximum absolute atomic E-state index is 12.8. The first-order valence-corrected chi connectivity index (χ1v) is 9.90. The highest BCUT2D eigenvalue weighted by Crippen LogP contribution is 2.34. The van der Waals surface area contributed by atoms with Crippen LogP contribution >= 0.6 is 0 Å². The molecule has 1 aliphatic carbocycles. The molecule has 0 bridgehead atoms. The van der Waals surface area contributed by atoms with Crippen LogP contribution in [0.15, 0.2) is 0 Å². The molecular formula is C15H26N2O3S. The number of nitrogens with zero attached hydrogens (tertiary/aromatic N) is 1. The molecule has 2 saturated heterocycles. The van der Waals surface area contributed by atoms with Crippen LogP contribution in [0.3, 0.4) is 0 Å². The van der Waals surface area contributed by atoms with E-state index in [0.29, 0.717) is 18.5 Å². The quantitative estimate of drug-likeness (QED) is 0.782. The maximum atomic E-state index is 12.8. The lowest BCUT2D eigenvalue weighted by atomic mass is 9.85. The van der Waals surface area contributed by atoms with Crippen molar-refractivity contribution in [3.05, 3.63) is 0 Å². The van der Waals surface area contributed by atoms with E-state index in [1.165, 1.54) is 25.7 Å². The van der Waals surface area contributed by atoms with Gasteiger partial charge in [-0.05, 0) is 39.0 Å². The minimum absolute atomic E-state index is 0.101. The Labute approximate surface area is 127 Å². The lowest BCUT2D eigenvalue weighted by Crippen LogP contribution is -2.58. The zero-order valence-electron chi connectivity index (χ0n) is 12.9. The van der Waals surface area contributed by atoms with Crippen molar-refractivity contribution < 1.29 is 13.2 Å². The first-order valence-electron chi connectivity index (χ1n) is 8.18. The number of hydrogen-bond acceptors (Lipinski definition) is 4. The summed E-state index contributed by atoms with van der Waals surface area (Å²) in [6.07, 6.45) is 5.86. The van der Waals surface area contributed by atoms with Crippen molar-refractivity contribution in [2.75, 3.05) is 12.3 Å². The normalized spacial score (nSPS) is 42.6. The van der Waals surface area contributed by atoms with Crippen molar-refractivity contribution >= 4 is 15.7 Å². The highest BCUT2D eigenvalue weighted by molar-refractivity contribution is 7.92. The van der Waals surface area contributed by atoms with Crippen molar-refractivity contribution in [3.63, 3.8) is 0 Å². The average molecular weight is 314 g/mol. The van der Waals surface area contributed by atoms with Crippen LogP contribution in [0.25, 0.3) is 0 Å². The predicted molar refractivity (Wildman–Crippen MR) is 81.7 cm³/mol. The molecule has 0 radical (unpaired) electrons. The molecule has 0 aromatic carbocycles. The number of nitrogens with one attached hydrogen (secondary N) is 1. The van der Waals surface area contributed by atoms with Gasteiger partial charge in [-0.25, -0.2) is 8.42 Å². The van der Waals surface area contributed by atoms with Crippen molar-refractivity contribution in [1.29, 1.82) is 0 Å². The second-order valence-electron chi connectivity index (χ2n) is 6.95. The van der Waals surface area contributed by atoms with E-state index < -0.39 is 15.1 Å². The van der Waals surface area contributed by atoms with Crippen molar-refractivity contribution in [3.8, 4) is 0 Å². The van der Waals surface area contributed by atoms with E-state index in [0.717, 1.165) is 6.42 Å². The van der Waals surface area contributed by atoms with Crippen LogP contribution in [0.4, 0.5) is 0 Å². The summed E-state index contributed by atoms with van der Waals surface area (Å²) in [5.74, 6) is 0.844. The van der Waals surface area contributed by atoms with Crippen LogP contribution in [0, 0.1) is 5.92 Å². The summed E-state index contributed by atoms with van der Waals surface area (Å²) >= 11 is 0. The minimum atomic E-state index is -3.04. The van der Waals surface area contributed by atoms with Gasteiger partial charge >= 0.3 is 0 Å². The van der Waals surface area contributed by atoms with Gasteiger partial charge in [0.05, 0.1) is 17.0 Å². The number of hydrogen-bond donors (Lipinski definition) is 1. The van der Waals surface area contributed by atoms with Crippen molar-refractivity contribution in [2.24, 2.45) is 5.92 Å². The molecule has 3 rings (SSSR count). The van der Waals surface area contributed by atoms with Crippen LogP contribution in [0.5, 0.6) is 0 Å². The lowest BCUT2D eigenvalue weighted by molar-refractivity contribution is -0.135. The molecule has 5 unspecified atom stereocenters. The number of carbonyl (C=O) groups excluding carboxylic acids is 1. The molecule has 1 N–H and O–H groups in total. The Kier molecular flexibility index (Phi) is 4.03. The first kappa shape index (κ1) is 15.3. The van der Waals surface area contributed by atoms with E-state index in [-0.39, 0.29) is 23.7 Å². The summed E-state index contributed by atoms with van der Waals surface area (Å²) in [7, 11) is -3.04. The molecule has 120 valence electrons. The molecule has 0 aromatic heterocycles. The number of carbonyl (C=O) groups is 1. The highest BCUT2D eigenvalue weighted by Gasteiger charge is 2.44. The number of rotatable bonds is 1. The second-order valence-corrected chi connectivity index (χ2v) is 9.43. The molecule has 2 aliphatic heterocycles. The molecule has 2 heterocycles. The summed E-state index contributed by atoms with van der Waals surface area (Å²) < 4.78 is 23.9. The van der Waals surface area contributed by atoms with E-state index in [1.54, 1.807) is 11.8 Å². The Morgan fingerprint density at radius 2 is 1.90 bits per heavy atom. The standard InChI is InChI=1S/C15H26N2O3S/c1-10-11(2)21(19,20)8-7-17(10)15(18)14-9-12-5-3-4-6-13(12)16-14/h10-14,16H,3-9H2,1-2H3. The van der Waals surface area contributed by atoms with Crippen molar-refractivity contribution in [1.82, 2.24) is 10.2 Å². The molecule has 6 heteroatoms. The average Bonchev–Trinajstić information content (AvgIpc) is 2.88. The van der Waals surface area contributed by atoms with Gasteiger partial charge in [0.1, 0.15) is 0 Å². The molecule has 1 saturated carbocycles. The molecule has 0 spiro atoms. The summed E-state index contributed by atoms with van der Waals surface area (Å²) in [6, 6.07) is 0.170. The van der Waals surface area contributed by atoms with E-state index in [4.69, 9.17) is 0 Å². The van der Waals surface area contributed by atoms with Crippen LogP contribution in [-0.4, -0.2) is 54.9 Å². The molecule has 3 fully saturated rings. The largest absolute Gasteiger partial charge is 0.336 e. The van der Waals surface area contributed by atoms with Crippen LogP contribution < -0.4 is 5.32 Å². The topological polar surface area (TPSA) is 66.5 Å². The number of amides is 1. The van der Waals surface area contributed by atoms with Gasteiger partial charge < -0.3 is 10.2 Å². The Balaban J connectivity index is 1.68. The van der Waals surface area contributed by atoms with E-state index in [1.807, 2.05) is 6.92 Å². The van der Waals surface area contributed by atoms with Gasteiger partial charge in [0.2, 0.25) is 5.91 Å². The zero-order valence-corrected chi connectivity index (χ0v) is 13.7. The van der Waals surface area contributed by atoms with E-state index in [2.05, 4.69) is 5.32 Å². The minimum Gasteiger partial charge on any atom is -0.336 e. The Morgan fingerprint density at radius 3 is 2.62 bits per heavy atom. The maximum Gasteiger partial charge on any atom is 0.240 e. The third-order valence-corrected chi connectivity index (χ3v) is 8.08. The smallest absolute Gasteiger partial charge is 0.240 e. The summed E-state index contributed by atoms with van der Waals surface area (Å²) in [6.45, 7) is 3.93. The predicted octanol–water partition coefficient (Wildman–Crippen LogP) is 0.941. The third-order valence-electron chi connectivity index (χ3n) is 5.80. The monoisotopic (exact) mass is 314 g/mol. The Hall–Kier alpha value is -0.620. The fourth-order valence-electron chi connectivity index (χ4n) is 4.19. The lowest BCUT2D eigenvalue weighted by Gasteiger charge is -2.38. The van der Waals surface area contributed by atoms with Gasteiger partial charge in [0.15, 0.2) is 9.84 Å². The molecule has 3 aliphatic rings. The number of fused-ring (bicyclic) bond motifs is 1. The van der Waals surface area contributed by atoms with Crippen LogP contribution in [0.2, 0.25) is 0 Å². The third kappa shape index (κ3) is 2.72. The summed E-state index contributed by atoms with van der Waals surface area (Å²) in [4.78, 5) is 14.6. The summed E-state index contributed by atoms with van der Waals surface area (Å²) in [5.41, 5.74) is 0. The fourth-order valence-corrected chi connectivity index (χ4v) is 5.76. The zero-order chi connectivity index (χ0) is 15.2. The SMILES string of the molecule is CC1C(C)S(=O)(=O)CCN1C(=O)C1CC2CCCCC2N1.